The Bertz CT molecular complexity index is 474. The molecule has 1 unspecified atom stereocenters. The first-order valence-electron chi connectivity index (χ1n) is 5.79. The summed E-state index contributed by atoms with van der Waals surface area (Å²) in [5, 5.41) is 10.8. The number of nitrogens with zero attached hydrogens (tertiary/aromatic N) is 3. The van der Waals surface area contributed by atoms with Crippen LogP contribution >= 0.6 is 33.9 Å². The van der Waals surface area contributed by atoms with E-state index in [4.69, 9.17) is 5.26 Å². The average molecular weight is 375 g/mol. The van der Waals surface area contributed by atoms with Crippen molar-refractivity contribution in [3.63, 3.8) is 0 Å². The molecular weight excluding hydrogens is 361 g/mol. The number of nitriles is 1. The minimum Gasteiger partial charge on any atom is -0.336 e. The molecule has 6 heteroatoms. The van der Waals surface area contributed by atoms with E-state index in [2.05, 4.69) is 33.6 Å². The zero-order valence-corrected chi connectivity index (χ0v) is 13.1. The van der Waals surface area contributed by atoms with E-state index in [0.29, 0.717) is 13.1 Å². The Morgan fingerprint density at radius 2 is 2.17 bits per heavy atom. The standard InChI is InChI=1S/C12H14IN3OS/c1-9(7-14)15-2-4-16(5-3-15)12(17)10-6-11(13)18-8-10/h6,8-9H,2-5H2,1H3. The predicted octanol–water partition coefficient (Wildman–Crippen LogP) is 2.02. The van der Waals surface area contributed by atoms with Crippen molar-refractivity contribution in [2.45, 2.75) is 13.0 Å². The quantitative estimate of drug-likeness (QED) is 0.744. The van der Waals surface area contributed by atoms with Crippen LogP contribution in [0.25, 0.3) is 0 Å². The number of piperazine rings is 1. The minimum absolute atomic E-state index is 0.0654. The first-order valence-corrected chi connectivity index (χ1v) is 7.74. The number of hydrogen-bond acceptors (Lipinski definition) is 4. The highest BCUT2D eigenvalue weighted by atomic mass is 127. The van der Waals surface area contributed by atoms with Gasteiger partial charge in [-0.05, 0) is 35.6 Å². The van der Waals surface area contributed by atoms with Gasteiger partial charge in [-0.25, -0.2) is 0 Å². The van der Waals surface area contributed by atoms with Crippen LogP contribution < -0.4 is 0 Å². The van der Waals surface area contributed by atoms with E-state index in [9.17, 15) is 4.79 Å². The molecule has 1 amide bonds. The van der Waals surface area contributed by atoms with Gasteiger partial charge in [0.05, 0.1) is 20.6 Å². The monoisotopic (exact) mass is 375 g/mol. The van der Waals surface area contributed by atoms with Crippen LogP contribution in [-0.2, 0) is 0 Å². The van der Waals surface area contributed by atoms with Gasteiger partial charge in [0.15, 0.2) is 0 Å². The summed E-state index contributed by atoms with van der Waals surface area (Å²) in [4.78, 5) is 16.2. The van der Waals surface area contributed by atoms with Gasteiger partial charge in [-0.3, -0.25) is 9.69 Å². The van der Waals surface area contributed by atoms with Crippen molar-refractivity contribution in [3.8, 4) is 6.07 Å². The van der Waals surface area contributed by atoms with Crippen molar-refractivity contribution in [2.24, 2.45) is 0 Å². The van der Waals surface area contributed by atoms with Crippen molar-refractivity contribution in [3.05, 3.63) is 19.9 Å². The van der Waals surface area contributed by atoms with Crippen molar-refractivity contribution < 1.29 is 4.79 Å². The Morgan fingerprint density at radius 3 is 2.67 bits per heavy atom. The zero-order valence-electron chi connectivity index (χ0n) is 10.1. The molecule has 1 atom stereocenters. The summed E-state index contributed by atoms with van der Waals surface area (Å²) in [5.74, 6) is 0.110. The van der Waals surface area contributed by atoms with E-state index in [0.717, 1.165) is 21.5 Å². The molecule has 0 bridgehead atoms. The maximum Gasteiger partial charge on any atom is 0.254 e. The largest absolute Gasteiger partial charge is 0.336 e. The first-order chi connectivity index (χ1) is 8.61. The molecule has 1 aliphatic rings. The fourth-order valence-corrected chi connectivity index (χ4v) is 3.32. The van der Waals surface area contributed by atoms with Gasteiger partial charge in [0.1, 0.15) is 0 Å². The van der Waals surface area contributed by atoms with Crippen LogP contribution in [0.1, 0.15) is 17.3 Å². The van der Waals surface area contributed by atoms with Crippen molar-refractivity contribution in [2.75, 3.05) is 26.2 Å². The lowest BCUT2D eigenvalue weighted by Crippen LogP contribution is -2.51. The van der Waals surface area contributed by atoms with Crippen LogP contribution in [0.3, 0.4) is 0 Å². The maximum absolute atomic E-state index is 12.2. The number of carbonyl (C=O) groups is 1. The van der Waals surface area contributed by atoms with Crippen LogP contribution in [0.15, 0.2) is 11.4 Å². The number of carbonyl (C=O) groups excluding carboxylic acids is 1. The highest BCUT2D eigenvalue weighted by Crippen LogP contribution is 2.19. The van der Waals surface area contributed by atoms with Gasteiger partial charge in [0.25, 0.3) is 5.91 Å². The van der Waals surface area contributed by atoms with Crippen molar-refractivity contribution in [1.29, 1.82) is 5.26 Å². The third-order valence-corrected chi connectivity index (χ3v) is 4.94. The van der Waals surface area contributed by atoms with Crippen LogP contribution in [0, 0.1) is 14.2 Å². The summed E-state index contributed by atoms with van der Waals surface area (Å²) in [6.45, 7) is 4.87. The number of thiophene rings is 1. The van der Waals surface area contributed by atoms with Crippen LogP contribution in [0.4, 0.5) is 0 Å². The van der Waals surface area contributed by atoms with Crippen molar-refractivity contribution >= 4 is 39.8 Å². The molecular formula is C12H14IN3OS. The summed E-state index contributed by atoms with van der Waals surface area (Å²) >= 11 is 3.82. The fourth-order valence-electron chi connectivity index (χ4n) is 2.00. The summed E-state index contributed by atoms with van der Waals surface area (Å²) in [7, 11) is 0. The molecule has 0 aromatic carbocycles. The van der Waals surface area contributed by atoms with Gasteiger partial charge in [-0.1, -0.05) is 0 Å². The highest BCUT2D eigenvalue weighted by Gasteiger charge is 2.24. The molecule has 4 nitrogen and oxygen atoms in total. The van der Waals surface area contributed by atoms with Gasteiger partial charge in [0, 0.05) is 31.6 Å². The molecule has 0 N–H and O–H groups in total. The van der Waals surface area contributed by atoms with Crippen LogP contribution in [0.2, 0.25) is 0 Å². The Balaban J connectivity index is 1.94. The first kappa shape index (κ1) is 13.8. The Labute approximate surface area is 124 Å². The van der Waals surface area contributed by atoms with Gasteiger partial charge in [-0.15, -0.1) is 11.3 Å². The smallest absolute Gasteiger partial charge is 0.254 e. The highest BCUT2D eigenvalue weighted by molar-refractivity contribution is 14.1. The minimum atomic E-state index is -0.0654. The molecule has 1 fully saturated rings. The average Bonchev–Trinajstić information content (AvgIpc) is 2.84. The van der Waals surface area contributed by atoms with E-state index >= 15 is 0 Å². The second kappa shape index (κ2) is 5.99. The molecule has 0 spiro atoms. The third kappa shape index (κ3) is 3.02. The number of rotatable bonds is 2. The summed E-state index contributed by atoms with van der Waals surface area (Å²) in [6, 6.07) is 4.10. The van der Waals surface area contributed by atoms with Gasteiger partial charge < -0.3 is 4.90 Å². The molecule has 0 saturated carbocycles. The lowest BCUT2D eigenvalue weighted by Gasteiger charge is -2.35. The predicted molar refractivity (Wildman–Crippen MR) is 79.6 cm³/mol. The van der Waals surface area contributed by atoms with E-state index in [1.807, 2.05) is 23.3 Å². The van der Waals surface area contributed by atoms with Gasteiger partial charge in [-0.2, -0.15) is 5.26 Å². The number of hydrogen-bond donors (Lipinski definition) is 0. The number of amides is 1. The zero-order chi connectivity index (χ0) is 13.1. The molecule has 1 saturated heterocycles. The maximum atomic E-state index is 12.2. The van der Waals surface area contributed by atoms with Gasteiger partial charge in [0.2, 0.25) is 0 Å². The molecule has 0 aliphatic carbocycles. The van der Waals surface area contributed by atoms with Crippen LogP contribution in [0.5, 0.6) is 0 Å². The van der Waals surface area contributed by atoms with E-state index < -0.39 is 0 Å². The van der Waals surface area contributed by atoms with Crippen LogP contribution in [-0.4, -0.2) is 47.9 Å². The molecule has 1 aromatic rings. The molecule has 1 aliphatic heterocycles. The lowest BCUT2D eigenvalue weighted by atomic mass is 10.2. The fraction of sp³-hybridized carbons (Fsp3) is 0.500. The van der Waals surface area contributed by atoms with Crippen molar-refractivity contribution in [1.82, 2.24) is 9.80 Å². The van der Waals surface area contributed by atoms with Gasteiger partial charge >= 0.3 is 0 Å². The Kier molecular flexibility index (Phi) is 4.59. The lowest BCUT2D eigenvalue weighted by molar-refractivity contribution is 0.0616. The molecule has 2 heterocycles. The van der Waals surface area contributed by atoms with E-state index in [1.165, 1.54) is 0 Å². The SMILES string of the molecule is CC(C#N)N1CCN(C(=O)c2csc(I)c2)CC1. The molecule has 1 aromatic heterocycles. The normalized spacial score (nSPS) is 18.4. The number of halogens is 1. The second-order valence-electron chi connectivity index (χ2n) is 4.27. The summed E-state index contributed by atoms with van der Waals surface area (Å²) in [6.07, 6.45) is 0. The molecule has 18 heavy (non-hydrogen) atoms. The molecule has 96 valence electrons. The topological polar surface area (TPSA) is 47.3 Å². The summed E-state index contributed by atoms with van der Waals surface area (Å²) in [5.41, 5.74) is 0.784. The Hall–Kier alpha value is -0.650. The van der Waals surface area contributed by atoms with E-state index in [-0.39, 0.29) is 11.9 Å². The van der Waals surface area contributed by atoms with E-state index in [1.54, 1.807) is 11.3 Å². The summed E-state index contributed by atoms with van der Waals surface area (Å²) < 4.78 is 1.13. The molecule has 0 radical (unpaired) electrons. The second-order valence-corrected chi connectivity index (χ2v) is 7.08. The Morgan fingerprint density at radius 1 is 1.50 bits per heavy atom. The molecule has 2 rings (SSSR count). The third-order valence-electron chi connectivity index (χ3n) is 3.15.